The highest BCUT2D eigenvalue weighted by atomic mass is 16.2. The number of carbonyl (C=O) groups is 2. The minimum atomic E-state index is -0.147. The molecular formula is C25H35N3O2. The maximum atomic E-state index is 13.2. The summed E-state index contributed by atoms with van der Waals surface area (Å²) in [4.78, 5) is 31.2. The number of amides is 3. The number of H-pyrrole nitrogens is 1. The van der Waals surface area contributed by atoms with Gasteiger partial charge >= 0.3 is 6.03 Å². The van der Waals surface area contributed by atoms with Gasteiger partial charge in [0.2, 0.25) is 5.91 Å². The zero-order valence-electron chi connectivity index (χ0n) is 18.0. The number of urea groups is 1. The molecule has 5 heteroatoms. The Hall–Kier alpha value is -2.30. The Morgan fingerprint density at radius 3 is 2.43 bits per heavy atom. The van der Waals surface area contributed by atoms with Crippen LogP contribution in [0.4, 0.5) is 4.79 Å². The fourth-order valence-electron chi connectivity index (χ4n) is 5.20. The number of nitrogens with one attached hydrogen (secondary N) is 2. The van der Waals surface area contributed by atoms with E-state index in [0.29, 0.717) is 6.42 Å². The number of aryl methyl sites for hydroxylation is 1. The molecule has 0 radical (unpaired) electrons. The van der Waals surface area contributed by atoms with Crippen molar-refractivity contribution in [1.29, 1.82) is 0 Å². The lowest BCUT2D eigenvalue weighted by Gasteiger charge is -2.34. The Balaban J connectivity index is 1.37. The number of benzene rings is 1. The van der Waals surface area contributed by atoms with E-state index in [9.17, 15) is 9.59 Å². The molecule has 3 amide bonds. The van der Waals surface area contributed by atoms with E-state index in [4.69, 9.17) is 0 Å². The van der Waals surface area contributed by atoms with Crippen LogP contribution in [0.25, 0.3) is 10.9 Å². The summed E-state index contributed by atoms with van der Waals surface area (Å²) in [6, 6.07) is 8.43. The lowest BCUT2D eigenvalue weighted by molar-refractivity contribution is -0.130. The standard InChI is InChI=1S/C25H35N3O2/c29-24(17-9-10-19-18-26-23-16-8-7-15-22(19)23)28(21-13-5-2-6-14-21)25(30)27-20-11-3-1-4-12-20/h7-8,15-16,18,20-21,26H,1-6,9-14,17H2,(H,27,30). The van der Waals surface area contributed by atoms with E-state index in [1.54, 1.807) is 4.90 Å². The molecule has 1 heterocycles. The highest BCUT2D eigenvalue weighted by Crippen LogP contribution is 2.25. The Morgan fingerprint density at radius 2 is 1.67 bits per heavy atom. The summed E-state index contributed by atoms with van der Waals surface area (Å²) in [5, 5.41) is 4.41. The molecule has 0 unspecified atom stereocenters. The van der Waals surface area contributed by atoms with Crippen LogP contribution >= 0.6 is 0 Å². The van der Waals surface area contributed by atoms with Gasteiger partial charge in [-0.3, -0.25) is 9.69 Å². The fraction of sp³-hybridized carbons (Fsp3) is 0.600. The molecule has 5 nitrogen and oxygen atoms in total. The first kappa shape index (κ1) is 21.0. The summed E-state index contributed by atoms with van der Waals surface area (Å²) in [6.07, 6.45) is 15.1. The van der Waals surface area contributed by atoms with E-state index in [1.807, 2.05) is 18.3 Å². The zero-order valence-corrected chi connectivity index (χ0v) is 18.0. The smallest absolute Gasteiger partial charge is 0.324 e. The number of hydrogen-bond donors (Lipinski definition) is 2. The molecule has 2 aliphatic carbocycles. The van der Waals surface area contributed by atoms with Gasteiger partial charge in [0.15, 0.2) is 0 Å². The molecular weight excluding hydrogens is 374 g/mol. The van der Waals surface area contributed by atoms with Crippen LogP contribution < -0.4 is 5.32 Å². The third-order valence-electron chi connectivity index (χ3n) is 6.87. The van der Waals surface area contributed by atoms with E-state index >= 15 is 0 Å². The number of aromatic nitrogens is 1. The number of fused-ring (bicyclic) bond motifs is 1. The molecule has 0 atom stereocenters. The van der Waals surface area contributed by atoms with Crippen LogP contribution in [0.5, 0.6) is 0 Å². The van der Waals surface area contributed by atoms with Gasteiger partial charge in [-0.25, -0.2) is 4.79 Å². The van der Waals surface area contributed by atoms with Crippen LogP contribution in [-0.4, -0.2) is 33.9 Å². The summed E-state index contributed by atoms with van der Waals surface area (Å²) < 4.78 is 0. The molecule has 162 valence electrons. The van der Waals surface area contributed by atoms with Crippen molar-refractivity contribution in [3.8, 4) is 0 Å². The Labute approximate surface area is 179 Å². The maximum Gasteiger partial charge on any atom is 0.324 e. The third kappa shape index (κ3) is 5.05. The van der Waals surface area contributed by atoms with Gasteiger partial charge in [0, 0.05) is 35.6 Å². The van der Waals surface area contributed by atoms with Crippen molar-refractivity contribution in [3.05, 3.63) is 36.0 Å². The average Bonchev–Trinajstić information content (AvgIpc) is 3.18. The zero-order chi connectivity index (χ0) is 20.8. The molecule has 0 saturated heterocycles. The van der Waals surface area contributed by atoms with Crippen molar-refractivity contribution in [1.82, 2.24) is 15.2 Å². The number of aromatic amines is 1. The molecule has 1 aromatic carbocycles. The third-order valence-corrected chi connectivity index (χ3v) is 6.87. The Kier molecular flexibility index (Phi) is 7.08. The SMILES string of the molecule is O=C(CCCc1c[nH]c2ccccc12)N(C(=O)NC1CCCCC1)C1CCCCC1. The number of hydrogen-bond acceptors (Lipinski definition) is 2. The first-order valence-corrected chi connectivity index (χ1v) is 11.9. The highest BCUT2D eigenvalue weighted by Gasteiger charge is 2.31. The quantitative estimate of drug-likeness (QED) is 0.643. The van der Waals surface area contributed by atoms with Gasteiger partial charge in [0.25, 0.3) is 0 Å². The van der Waals surface area contributed by atoms with Crippen LogP contribution in [-0.2, 0) is 11.2 Å². The van der Waals surface area contributed by atoms with Crippen molar-refractivity contribution in [2.24, 2.45) is 0 Å². The lowest BCUT2D eigenvalue weighted by atomic mass is 9.93. The van der Waals surface area contributed by atoms with Gasteiger partial charge in [-0.2, -0.15) is 0 Å². The van der Waals surface area contributed by atoms with Crippen molar-refractivity contribution >= 4 is 22.8 Å². The summed E-state index contributed by atoms with van der Waals surface area (Å²) in [6.45, 7) is 0. The van der Waals surface area contributed by atoms with Crippen molar-refractivity contribution in [2.75, 3.05) is 0 Å². The molecule has 0 aliphatic heterocycles. The molecule has 2 fully saturated rings. The fourth-order valence-corrected chi connectivity index (χ4v) is 5.20. The van der Waals surface area contributed by atoms with Crippen molar-refractivity contribution in [2.45, 2.75) is 95.6 Å². The highest BCUT2D eigenvalue weighted by molar-refractivity contribution is 5.95. The average molecular weight is 410 g/mol. The number of imide groups is 1. The van der Waals surface area contributed by atoms with Crippen LogP contribution in [0.3, 0.4) is 0 Å². The largest absolute Gasteiger partial charge is 0.361 e. The van der Waals surface area contributed by atoms with E-state index in [-0.39, 0.29) is 24.0 Å². The second kappa shape index (κ2) is 10.1. The van der Waals surface area contributed by atoms with Crippen molar-refractivity contribution in [3.63, 3.8) is 0 Å². The minimum absolute atomic E-state index is 0.00458. The van der Waals surface area contributed by atoms with Gasteiger partial charge in [-0.1, -0.05) is 56.7 Å². The van der Waals surface area contributed by atoms with E-state index in [0.717, 1.165) is 56.9 Å². The normalized spacial score (nSPS) is 18.4. The topological polar surface area (TPSA) is 65.2 Å². The van der Waals surface area contributed by atoms with E-state index in [1.165, 1.54) is 36.6 Å². The van der Waals surface area contributed by atoms with Crippen LogP contribution in [0.1, 0.15) is 82.6 Å². The number of nitrogens with zero attached hydrogens (tertiary/aromatic N) is 1. The van der Waals surface area contributed by atoms with Gasteiger partial charge in [-0.15, -0.1) is 0 Å². The number of carbonyl (C=O) groups excluding carboxylic acids is 2. The summed E-state index contributed by atoms with van der Waals surface area (Å²) >= 11 is 0. The van der Waals surface area contributed by atoms with E-state index in [2.05, 4.69) is 22.4 Å². The Bertz CT molecular complexity index is 847. The van der Waals surface area contributed by atoms with Gasteiger partial charge in [0.05, 0.1) is 0 Å². The van der Waals surface area contributed by atoms with Gasteiger partial charge in [0.1, 0.15) is 0 Å². The van der Waals surface area contributed by atoms with Crippen LogP contribution in [0.2, 0.25) is 0 Å². The summed E-state index contributed by atoms with van der Waals surface area (Å²) in [5.41, 5.74) is 2.38. The predicted octanol–water partition coefficient (Wildman–Crippen LogP) is 5.69. The van der Waals surface area contributed by atoms with Gasteiger partial charge < -0.3 is 10.3 Å². The lowest BCUT2D eigenvalue weighted by Crippen LogP contribution is -2.52. The molecule has 2 saturated carbocycles. The number of rotatable bonds is 6. The van der Waals surface area contributed by atoms with Crippen molar-refractivity contribution < 1.29 is 9.59 Å². The first-order chi connectivity index (χ1) is 14.7. The number of para-hydroxylation sites is 1. The van der Waals surface area contributed by atoms with E-state index < -0.39 is 0 Å². The molecule has 30 heavy (non-hydrogen) atoms. The molecule has 4 rings (SSSR count). The molecule has 2 aliphatic rings. The van der Waals surface area contributed by atoms with Crippen LogP contribution in [0, 0.1) is 0 Å². The Morgan fingerprint density at radius 1 is 0.967 bits per heavy atom. The molecule has 0 bridgehead atoms. The molecule has 2 N–H and O–H groups in total. The first-order valence-electron chi connectivity index (χ1n) is 11.9. The monoisotopic (exact) mass is 409 g/mol. The maximum absolute atomic E-state index is 13.2. The van der Waals surface area contributed by atoms with Crippen LogP contribution in [0.15, 0.2) is 30.5 Å². The summed E-state index contributed by atoms with van der Waals surface area (Å²) in [5.74, 6) is -0.00458. The summed E-state index contributed by atoms with van der Waals surface area (Å²) in [7, 11) is 0. The second-order valence-corrected chi connectivity index (χ2v) is 9.05. The molecule has 1 aromatic heterocycles. The molecule has 2 aromatic rings. The predicted molar refractivity (Wildman–Crippen MR) is 120 cm³/mol. The molecule has 0 spiro atoms. The second-order valence-electron chi connectivity index (χ2n) is 9.05. The minimum Gasteiger partial charge on any atom is -0.361 e. The van der Waals surface area contributed by atoms with Gasteiger partial charge in [-0.05, 0) is 50.2 Å².